The highest BCUT2D eigenvalue weighted by Crippen LogP contribution is 2.33. The summed E-state index contributed by atoms with van der Waals surface area (Å²) in [5.74, 6) is -1.73. The molecule has 1 saturated heterocycles. The average molecular weight is 687 g/mol. The number of aryl methyl sites for hydroxylation is 1. The summed E-state index contributed by atoms with van der Waals surface area (Å²) in [7, 11) is -4.47. The Morgan fingerprint density at radius 1 is 1.06 bits per heavy atom. The Kier molecular flexibility index (Phi) is 9.69. The molecule has 0 radical (unpaired) electrons. The summed E-state index contributed by atoms with van der Waals surface area (Å²) in [6.07, 6.45) is -5.51. The molecule has 1 aliphatic heterocycles. The summed E-state index contributed by atoms with van der Waals surface area (Å²) in [4.78, 5) is 29.8. The average Bonchev–Trinajstić information content (AvgIpc) is 3.73. The molecule has 2 atom stereocenters. The number of carbonyl (C=O) groups is 2. The van der Waals surface area contributed by atoms with Gasteiger partial charge in [-0.2, -0.15) is 18.3 Å². The van der Waals surface area contributed by atoms with E-state index in [-0.39, 0.29) is 39.8 Å². The molecule has 2 heterocycles. The van der Waals surface area contributed by atoms with Crippen LogP contribution in [-0.4, -0.2) is 58.9 Å². The second kappa shape index (κ2) is 13.7. The number of hydrazine groups is 1. The Balaban J connectivity index is 1.27. The number of halogens is 3. The van der Waals surface area contributed by atoms with Crippen molar-refractivity contribution < 1.29 is 45.7 Å². The normalized spacial score (nSPS) is 16.0. The number of benzene rings is 3. The number of sulfonamides is 1. The van der Waals surface area contributed by atoms with Gasteiger partial charge in [-0.3, -0.25) is 9.63 Å². The van der Waals surface area contributed by atoms with Crippen molar-refractivity contribution in [1.29, 1.82) is 0 Å². The molecule has 48 heavy (non-hydrogen) atoms. The quantitative estimate of drug-likeness (QED) is 0.0783. The number of nitrogens with zero attached hydrogens (tertiary/aromatic N) is 5. The number of carbonyl (C=O) groups excluding carboxylic acids is 2. The summed E-state index contributed by atoms with van der Waals surface area (Å²) in [6.45, 7) is 3.21. The highest BCUT2D eigenvalue weighted by molar-refractivity contribution is 7.90. The third-order valence-electron chi connectivity index (χ3n) is 7.27. The zero-order chi connectivity index (χ0) is 34.6. The monoisotopic (exact) mass is 686 g/mol. The fourth-order valence-electron chi connectivity index (χ4n) is 4.86. The van der Waals surface area contributed by atoms with Crippen LogP contribution in [0.2, 0.25) is 0 Å². The molecule has 0 saturated carbocycles. The Hall–Kier alpha value is -5.45. The van der Waals surface area contributed by atoms with Gasteiger partial charge in [-0.15, -0.1) is 5.01 Å². The number of ether oxygens (including phenoxy) is 1. The van der Waals surface area contributed by atoms with Crippen molar-refractivity contribution in [3.8, 4) is 16.9 Å². The molecule has 0 aliphatic carbocycles. The van der Waals surface area contributed by atoms with Crippen molar-refractivity contribution in [2.45, 2.75) is 50.1 Å². The van der Waals surface area contributed by atoms with Crippen LogP contribution in [0.25, 0.3) is 16.9 Å². The van der Waals surface area contributed by atoms with Gasteiger partial charge in [-0.05, 0) is 62.2 Å². The van der Waals surface area contributed by atoms with Crippen molar-refractivity contribution >= 4 is 21.9 Å². The maximum absolute atomic E-state index is 13.6. The summed E-state index contributed by atoms with van der Waals surface area (Å²) < 4.78 is 74.9. The van der Waals surface area contributed by atoms with Crippen molar-refractivity contribution in [3.63, 3.8) is 0 Å². The van der Waals surface area contributed by atoms with Gasteiger partial charge in [0.1, 0.15) is 0 Å². The van der Waals surface area contributed by atoms with Gasteiger partial charge in [0.2, 0.25) is 5.28 Å². The lowest BCUT2D eigenvalue weighted by Crippen LogP contribution is -2.47. The predicted molar refractivity (Wildman–Crippen MR) is 162 cm³/mol. The van der Waals surface area contributed by atoms with E-state index in [1.165, 1.54) is 31.2 Å². The highest BCUT2D eigenvalue weighted by Gasteiger charge is 2.39. The number of amides is 1. The van der Waals surface area contributed by atoms with Gasteiger partial charge >= 0.3 is 12.1 Å². The number of hydrogen-bond acceptors (Lipinski definition) is 9. The third kappa shape index (κ3) is 7.74. The van der Waals surface area contributed by atoms with Gasteiger partial charge in [0.25, 0.3) is 22.2 Å². The molecule has 3 aromatic carbocycles. The van der Waals surface area contributed by atoms with Crippen LogP contribution in [-0.2, 0) is 30.6 Å². The molecule has 13 nitrogen and oxygen atoms in total. The minimum atomic E-state index is -4.72. The molecule has 1 N–H and O–H groups in total. The number of esters is 1. The van der Waals surface area contributed by atoms with Gasteiger partial charge in [-0.1, -0.05) is 48.0 Å². The first-order valence-electron chi connectivity index (χ1n) is 14.5. The SMILES string of the molecule is Cc1ccc(-c2cc(C(F)(F)F)nn2-c2ccc(S(=O)(=O)NC(=O)[C@@H]3CCCN3/[N+]([O-])=N/OC(C)OC(=O)c3ccccc3)cc2)cc1. The van der Waals surface area contributed by atoms with E-state index in [0.717, 1.165) is 33.5 Å². The Labute approximate surface area is 272 Å². The first-order chi connectivity index (χ1) is 22.7. The molecule has 1 amide bonds. The maximum atomic E-state index is 13.6. The van der Waals surface area contributed by atoms with Crippen LogP contribution in [0.5, 0.6) is 0 Å². The van der Waals surface area contributed by atoms with E-state index in [0.29, 0.717) is 12.0 Å². The second-order valence-electron chi connectivity index (χ2n) is 10.8. The molecule has 4 aromatic rings. The van der Waals surface area contributed by atoms with Gasteiger partial charge in [0.05, 0.1) is 33.4 Å². The number of rotatable bonds is 10. The summed E-state index contributed by atoms with van der Waals surface area (Å²) >= 11 is 0. The molecule has 0 spiro atoms. The topological polar surface area (TPSA) is 158 Å². The largest absolute Gasteiger partial charge is 0.569 e. The second-order valence-corrected chi connectivity index (χ2v) is 12.4. The van der Waals surface area contributed by atoms with E-state index in [1.54, 1.807) is 42.5 Å². The molecular formula is C31H29F3N6O7S. The molecule has 5 rings (SSSR count). The minimum absolute atomic E-state index is 0.0174. The lowest BCUT2D eigenvalue weighted by molar-refractivity contribution is -0.713. The number of aromatic nitrogens is 2. The smallest absolute Gasteiger partial charge is 0.435 e. The summed E-state index contributed by atoms with van der Waals surface area (Å²) in [5, 5.41) is 20.6. The van der Waals surface area contributed by atoms with Gasteiger partial charge < -0.3 is 9.94 Å². The lowest BCUT2D eigenvalue weighted by atomic mass is 10.1. The fourth-order valence-corrected chi connectivity index (χ4v) is 5.88. The number of nitrogens with one attached hydrogen (secondary N) is 1. The Bertz CT molecular complexity index is 1920. The van der Waals surface area contributed by atoms with Gasteiger partial charge in [0, 0.05) is 12.5 Å². The molecule has 1 fully saturated rings. The van der Waals surface area contributed by atoms with E-state index in [9.17, 15) is 36.4 Å². The van der Waals surface area contributed by atoms with Crippen LogP contribution >= 0.6 is 0 Å². The van der Waals surface area contributed by atoms with Crippen molar-refractivity contribution in [2.75, 3.05) is 6.54 Å². The molecule has 1 unspecified atom stereocenters. The predicted octanol–water partition coefficient (Wildman–Crippen LogP) is 5.15. The first kappa shape index (κ1) is 33.9. The van der Waals surface area contributed by atoms with Crippen LogP contribution in [0.3, 0.4) is 0 Å². The van der Waals surface area contributed by atoms with E-state index >= 15 is 0 Å². The summed E-state index contributed by atoms with van der Waals surface area (Å²) in [6, 6.07) is 19.2. The zero-order valence-corrected chi connectivity index (χ0v) is 26.3. The van der Waals surface area contributed by atoms with E-state index < -0.39 is 46.1 Å². The van der Waals surface area contributed by atoms with Crippen LogP contribution in [0.4, 0.5) is 13.2 Å². The van der Waals surface area contributed by atoms with E-state index in [4.69, 9.17) is 9.57 Å². The van der Waals surface area contributed by atoms with Crippen molar-refractivity contribution in [1.82, 2.24) is 19.5 Å². The highest BCUT2D eigenvalue weighted by atomic mass is 32.2. The van der Waals surface area contributed by atoms with Crippen LogP contribution in [0.15, 0.2) is 95.1 Å². The molecule has 0 bridgehead atoms. The fraction of sp³-hybridized carbons (Fsp3) is 0.258. The molecular weight excluding hydrogens is 657 g/mol. The van der Waals surface area contributed by atoms with E-state index in [1.807, 2.05) is 11.6 Å². The zero-order valence-electron chi connectivity index (χ0n) is 25.5. The number of alkyl halides is 3. The molecule has 17 heteroatoms. The maximum Gasteiger partial charge on any atom is 0.435 e. The van der Waals surface area contributed by atoms with Gasteiger partial charge in [0.15, 0.2) is 11.7 Å². The van der Waals surface area contributed by atoms with Crippen molar-refractivity contribution in [2.24, 2.45) is 5.28 Å². The van der Waals surface area contributed by atoms with Crippen molar-refractivity contribution in [3.05, 3.63) is 107 Å². The van der Waals surface area contributed by atoms with Crippen LogP contribution in [0, 0.1) is 12.1 Å². The standard InChI is InChI=1S/C31H29F3N6O7S/c1-20-10-12-22(13-11-20)27-19-28(31(32,33)34)35-39(27)24-14-16-25(17-15-24)48(44,45)36-29(41)26-9-6-18-38(26)40(43)37-47-21(2)46-30(42)23-7-4-3-5-8-23/h3-5,7-8,10-17,19,21,26H,6,9,18H2,1-2H3,(H,36,41)/b40-37-/t21?,26-/m0/s1. The third-order valence-corrected chi connectivity index (χ3v) is 8.63. The number of hydrogen-bond donors (Lipinski definition) is 1. The Morgan fingerprint density at radius 2 is 1.73 bits per heavy atom. The minimum Gasteiger partial charge on any atom is -0.569 e. The molecule has 1 aromatic heterocycles. The molecule has 252 valence electrons. The summed E-state index contributed by atoms with van der Waals surface area (Å²) in [5.41, 5.74) is 0.757. The van der Waals surface area contributed by atoms with Gasteiger partial charge in [-0.25, -0.2) is 22.6 Å². The first-order valence-corrected chi connectivity index (χ1v) is 16.0. The van der Waals surface area contributed by atoms with Crippen LogP contribution in [0.1, 0.15) is 41.4 Å². The molecule has 1 aliphatic rings. The Morgan fingerprint density at radius 3 is 2.38 bits per heavy atom. The van der Waals surface area contributed by atoms with Crippen LogP contribution < -0.4 is 4.72 Å². The van der Waals surface area contributed by atoms with E-state index in [2.05, 4.69) is 10.4 Å². The lowest BCUT2D eigenvalue weighted by Gasteiger charge is -2.20.